The molecule has 0 aliphatic carbocycles. The Morgan fingerprint density at radius 1 is 1.35 bits per heavy atom. The topological polar surface area (TPSA) is 136 Å². The number of nitrogens with one attached hydrogen (secondary N) is 3. The van der Waals surface area contributed by atoms with Gasteiger partial charge in [-0.1, -0.05) is 6.07 Å². The van der Waals surface area contributed by atoms with E-state index in [1.807, 2.05) is 0 Å². The first-order chi connectivity index (χ1) is 15.0. The van der Waals surface area contributed by atoms with E-state index in [2.05, 4.69) is 20.6 Å². The molecule has 3 N–H and O–H groups in total. The van der Waals surface area contributed by atoms with Crippen molar-refractivity contribution in [3.63, 3.8) is 0 Å². The summed E-state index contributed by atoms with van der Waals surface area (Å²) in [6, 6.07) is 5.24. The molecule has 4 heterocycles. The number of amides is 2. The van der Waals surface area contributed by atoms with E-state index in [0.29, 0.717) is 39.6 Å². The molecule has 1 atom stereocenters. The number of aryl methyl sites for hydroxylation is 1. The van der Waals surface area contributed by atoms with E-state index in [9.17, 15) is 18.9 Å². The number of benzene rings is 1. The van der Waals surface area contributed by atoms with Crippen LogP contribution < -0.4 is 20.9 Å². The standard InChI is InChI=1S/C20H18N4O5S2/c25-15-8-29-13-4-3-10(6-12(13)22-15)7-21-19(27)17-23-18(26)16-11-2-1-5-31(28)9-14(11)30-20(16)24-17/h3-4,6H,1-2,5,7-9H2,(H,21,27)(H,22,25)(H,23,24,26). The summed E-state index contributed by atoms with van der Waals surface area (Å²) in [6.07, 6.45) is 1.45. The number of carbonyl (C=O) groups excluding carboxylic acids is 2. The van der Waals surface area contributed by atoms with Crippen LogP contribution in [0.25, 0.3) is 10.2 Å². The molecule has 0 saturated heterocycles. The molecule has 11 heteroatoms. The van der Waals surface area contributed by atoms with E-state index in [0.717, 1.165) is 22.4 Å². The summed E-state index contributed by atoms with van der Waals surface area (Å²) in [7, 11) is 0. The molecule has 0 fully saturated rings. The Kier molecular flexibility index (Phi) is 5.16. The molecule has 1 aromatic carbocycles. The molecule has 3 aromatic rings. The van der Waals surface area contributed by atoms with Gasteiger partial charge in [-0.2, -0.15) is 0 Å². The predicted octanol–water partition coefficient (Wildman–Crippen LogP) is 1.44. The van der Waals surface area contributed by atoms with Crippen molar-refractivity contribution in [3.05, 3.63) is 50.4 Å². The van der Waals surface area contributed by atoms with Crippen molar-refractivity contribution >= 4 is 50.2 Å². The van der Waals surface area contributed by atoms with Crippen molar-refractivity contribution in [3.8, 4) is 5.75 Å². The molecule has 0 bridgehead atoms. The SMILES string of the molecule is O=C1COc2ccc(CNC(=O)c3nc4sc5c(c4c(=O)[nH]3)CCC[S+]([O-])C5)cc2N1. The lowest BCUT2D eigenvalue weighted by Crippen LogP contribution is -2.28. The molecule has 31 heavy (non-hydrogen) atoms. The van der Waals surface area contributed by atoms with Gasteiger partial charge in [0, 0.05) is 6.54 Å². The number of rotatable bonds is 3. The number of carbonyl (C=O) groups is 2. The Morgan fingerprint density at radius 2 is 2.23 bits per heavy atom. The lowest BCUT2D eigenvalue weighted by Gasteiger charge is -2.18. The van der Waals surface area contributed by atoms with E-state index in [1.165, 1.54) is 11.3 Å². The normalized spacial score (nSPS) is 17.8. The minimum absolute atomic E-state index is 0.0212. The molecule has 2 aliphatic rings. The van der Waals surface area contributed by atoms with Gasteiger partial charge in [0.1, 0.15) is 22.1 Å². The number of thiophene rings is 1. The zero-order chi connectivity index (χ0) is 21.5. The maximum Gasteiger partial charge on any atom is 0.287 e. The Hall–Kier alpha value is -2.89. The van der Waals surface area contributed by atoms with Gasteiger partial charge in [-0.3, -0.25) is 14.4 Å². The van der Waals surface area contributed by atoms with E-state index in [1.54, 1.807) is 18.2 Å². The van der Waals surface area contributed by atoms with Gasteiger partial charge in [0.25, 0.3) is 17.4 Å². The molecular weight excluding hydrogens is 440 g/mol. The third-order valence-corrected chi connectivity index (χ3v) is 7.84. The van der Waals surface area contributed by atoms with Gasteiger partial charge in [0.15, 0.2) is 6.61 Å². The molecule has 1 unspecified atom stereocenters. The second-order valence-corrected chi connectivity index (χ2v) is 10.0. The highest BCUT2D eigenvalue weighted by molar-refractivity contribution is 7.90. The minimum Gasteiger partial charge on any atom is -0.616 e. The maximum absolute atomic E-state index is 12.7. The molecule has 5 rings (SSSR count). The summed E-state index contributed by atoms with van der Waals surface area (Å²) < 4.78 is 17.3. The summed E-state index contributed by atoms with van der Waals surface area (Å²) in [6.45, 7) is 0.163. The van der Waals surface area contributed by atoms with Gasteiger partial charge < -0.3 is 24.9 Å². The van der Waals surface area contributed by atoms with E-state index in [4.69, 9.17) is 4.74 Å². The molecule has 160 valence electrons. The van der Waals surface area contributed by atoms with Gasteiger partial charge >= 0.3 is 0 Å². The van der Waals surface area contributed by atoms with Crippen molar-refractivity contribution < 1.29 is 18.9 Å². The largest absolute Gasteiger partial charge is 0.616 e. The first kappa shape index (κ1) is 20.0. The fourth-order valence-corrected chi connectivity index (χ4v) is 6.46. The summed E-state index contributed by atoms with van der Waals surface area (Å²) >= 11 is 0.396. The van der Waals surface area contributed by atoms with Gasteiger partial charge in [-0.05, 0) is 47.3 Å². The van der Waals surface area contributed by atoms with Crippen LogP contribution in [0.5, 0.6) is 5.75 Å². The van der Waals surface area contributed by atoms with E-state index >= 15 is 0 Å². The average molecular weight is 459 g/mol. The Balaban J connectivity index is 1.36. The van der Waals surface area contributed by atoms with Crippen molar-refractivity contribution in [2.75, 3.05) is 17.7 Å². The Morgan fingerprint density at radius 3 is 3.10 bits per heavy atom. The lowest BCUT2D eigenvalue weighted by molar-refractivity contribution is -0.118. The molecular formula is C20H18N4O5S2. The summed E-state index contributed by atoms with van der Waals surface area (Å²) in [5, 5.41) is 5.96. The van der Waals surface area contributed by atoms with E-state index < -0.39 is 17.1 Å². The number of hydrogen-bond donors (Lipinski definition) is 3. The zero-order valence-electron chi connectivity index (χ0n) is 16.3. The van der Waals surface area contributed by atoms with Crippen LogP contribution in [-0.4, -0.2) is 38.7 Å². The molecule has 0 radical (unpaired) electrons. The van der Waals surface area contributed by atoms with Gasteiger partial charge in [-0.25, -0.2) is 4.98 Å². The number of aromatic amines is 1. The average Bonchev–Trinajstić information content (AvgIpc) is 2.98. The van der Waals surface area contributed by atoms with Gasteiger partial charge in [-0.15, -0.1) is 11.3 Å². The van der Waals surface area contributed by atoms with Crippen LogP contribution in [-0.2, 0) is 34.7 Å². The first-order valence-corrected chi connectivity index (χ1v) is 12.0. The minimum atomic E-state index is -0.938. The number of ether oxygens (including phenoxy) is 1. The van der Waals surface area contributed by atoms with Crippen molar-refractivity contribution in [2.24, 2.45) is 0 Å². The molecule has 2 aromatic heterocycles. The van der Waals surface area contributed by atoms with Crippen molar-refractivity contribution in [1.82, 2.24) is 15.3 Å². The van der Waals surface area contributed by atoms with Crippen LogP contribution in [0, 0.1) is 0 Å². The fraction of sp³-hybridized carbons (Fsp3) is 0.300. The van der Waals surface area contributed by atoms with E-state index in [-0.39, 0.29) is 30.4 Å². The predicted molar refractivity (Wildman–Crippen MR) is 117 cm³/mol. The number of H-pyrrole nitrogens is 1. The van der Waals surface area contributed by atoms with Crippen LogP contribution in [0.1, 0.15) is 33.0 Å². The quantitative estimate of drug-likeness (QED) is 0.508. The second-order valence-electron chi connectivity index (χ2n) is 7.34. The smallest absolute Gasteiger partial charge is 0.287 e. The van der Waals surface area contributed by atoms with Crippen LogP contribution in [0.4, 0.5) is 5.69 Å². The van der Waals surface area contributed by atoms with Crippen molar-refractivity contribution in [1.29, 1.82) is 0 Å². The highest BCUT2D eigenvalue weighted by Gasteiger charge is 2.25. The fourth-order valence-electron chi connectivity index (χ4n) is 3.73. The number of nitrogens with zero attached hydrogens (tertiary/aromatic N) is 1. The second kappa shape index (κ2) is 7.98. The summed E-state index contributed by atoms with van der Waals surface area (Å²) in [5.74, 6) is 0.823. The lowest BCUT2D eigenvalue weighted by atomic mass is 10.1. The molecule has 0 spiro atoms. The highest BCUT2D eigenvalue weighted by Crippen LogP contribution is 2.33. The third-order valence-electron chi connectivity index (χ3n) is 5.18. The zero-order valence-corrected chi connectivity index (χ0v) is 17.9. The highest BCUT2D eigenvalue weighted by atomic mass is 32.2. The van der Waals surface area contributed by atoms with Crippen LogP contribution in [0.2, 0.25) is 0 Å². The number of hydrogen-bond acceptors (Lipinski definition) is 7. The summed E-state index contributed by atoms with van der Waals surface area (Å²) in [4.78, 5) is 45.2. The number of anilines is 1. The van der Waals surface area contributed by atoms with Gasteiger partial charge in [0.2, 0.25) is 5.82 Å². The Bertz CT molecular complexity index is 1270. The van der Waals surface area contributed by atoms with Crippen molar-refractivity contribution in [2.45, 2.75) is 25.1 Å². The molecule has 2 aliphatic heterocycles. The first-order valence-electron chi connectivity index (χ1n) is 9.71. The number of fused-ring (bicyclic) bond motifs is 4. The third kappa shape index (κ3) is 3.91. The number of aromatic nitrogens is 2. The molecule has 0 saturated carbocycles. The van der Waals surface area contributed by atoms with Crippen LogP contribution >= 0.6 is 11.3 Å². The maximum atomic E-state index is 12.7. The van der Waals surface area contributed by atoms with Gasteiger partial charge in [0.05, 0.1) is 16.0 Å². The molecule has 9 nitrogen and oxygen atoms in total. The Labute approximate surface area is 183 Å². The summed E-state index contributed by atoms with van der Waals surface area (Å²) in [5.41, 5.74) is 1.86. The van der Waals surface area contributed by atoms with Crippen LogP contribution in [0.15, 0.2) is 23.0 Å². The van der Waals surface area contributed by atoms with Crippen LogP contribution in [0.3, 0.4) is 0 Å². The molecule has 2 amide bonds. The monoisotopic (exact) mass is 458 g/mol.